The van der Waals surface area contributed by atoms with Crippen molar-refractivity contribution in [2.45, 2.75) is 12.5 Å². The van der Waals surface area contributed by atoms with Gasteiger partial charge in [0.25, 0.3) is 0 Å². The van der Waals surface area contributed by atoms with E-state index in [9.17, 15) is 8.78 Å². The van der Waals surface area contributed by atoms with Crippen LogP contribution in [0.25, 0.3) is 0 Å². The Labute approximate surface area is 112 Å². The van der Waals surface area contributed by atoms with Gasteiger partial charge in [0.2, 0.25) is 0 Å². The molecule has 0 saturated heterocycles. The van der Waals surface area contributed by atoms with Gasteiger partial charge >= 0.3 is 0 Å². The van der Waals surface area contributed by atoms with Gasteiger partial charge in [-0.05, 0) is 23.8 Å². The van der Waals surface area contributed by atoms with Crippen molar-refractivity contribution in [2.75, 3.05) is 0 Å². The molecule has 0 N–H and O–H groups in total. The largest absolute Gasteiger partial charge is 0.485 e. The Morgan fingerprint density at radius 1 is 1.11 bits per heavy atom. The fourth-order valence-electron chi connectivity index (χ4n) is 2.13. The van der Waals surface area contributed by atoms with Crippen LogP contribution in [0.4, 0.5) is 8.78 Å². The molecule has 4 heteroatoms. The molecule has 1 aliphatic rings. The molecule has 1 atom stereocenters. The highest BCUT2D eigenvalue weighted by Gasteiger charge is 2.26. The molecule has 2 aromatic rings. The maximum absolute atomic E-state index is 13.1. The van der Waals surface area contributed by atoms with Crippen LogP contribution in [0.3, 0.4) is 0 Å². The van der Waals surface area contributed by atoms with Gasteiger partial charge in [-0.25, -0.2) is 8.78 Å². The average Bonchev–Trinajstić information content (AvgIpc) is 2.73. The lowest BCUT2D eigenvalue weighted by molar-refractivity contribution is 0.238. The molecule has 1 nitrogen and oxygen atoms in total. The fraction of sp³-hybridized carbons (Fsp3) is 0.143. The fourth-order valence-corrected chi connectivity index (χ4v) is 2.54. The highest BCUT2D eigenvalue weighted by molar-refractivity contribution is 9.10. The van der Waals surface area contributed by atoms with Crippen LogP contribution in [0.2, 0.25) is 0 Å². The summed E-state index contributed by atoms with van der Waals surface area (Å²) in [6, 6.07) is 10.0. The number of rotatable bonds is 1. The molecule has 0 fully saturated rings. The predicted molar refractivity (Wildman–Crippen MR) is 67.6 cm³/mol. The zero-order valence-electron chi connectivity index (χ0n) is 9.29. The van der Waals surface area contributed by atoms with E-state index in [1.165, 1.54) is 6.07 Å². The van der Waals surface area contributed by atoms with Crippen LogP contribution in [-0.4, -0.2) is 0 Å². The van der Waals surface area contributed by atoms with Gasteiger partial charge in [0.15, 0.2) is 11.6 Å². The van der Waals surface area contributed by atoms with Gasteiger partial charge in [-0.3, -0.25) is 0 Å². The number of ether oxygens (including phenoxy) is 1. The average molecular weight is 311 g/mol. The third-order valence-corrected chi connectivity index (χ3v) is 3.49. The van der Waals surface area contributed by atoms with E-state index < -0.39 is 11.6 Å². The van der Waals surface area contributed by atoms with E-state index in [1.54, 1.807) is 0 Å². The van der Waals surface area contributed by atoms with Crippen LogP contribution in [0.1, 0.15) is 17.2 Å². The monoisotopic (exact) mass is 310 g/mol. The van der Waals surface area contributed by atoms with Crippen LogP contribution < -0.4 is 4.74 Å². The minimum absolute atomic E-state index is 0.182. The number of hydrogen-bond donors (Lipinski definition) is 0. The number of benzene rings is 2. The van der Waals surface area contributed by atoms with E-state index >= 15 is 0 Å². The van der Waals surface area contributed by atoms with Gasteiger partial charge in [-0.15, -0.1) is 0 Å². The first-order valence-electron chi connectivity index (χ1n) is 5.53. The summed E-state index contributed by atoms with van der Waals surface area (Å²) in [5, 5.41) is 0. The Morgan fingerprint density at radius 2 is 1.89 bits per heavy atom. The summed E-state index contributed by atoms with van der Waals surface area (Å²) < 4.78 is 32.8. The van der Waals surface area contributed by atoms with Crippen molar-refractivity contribution in [1.29, 1.82) is 0 Å². The Morgan fingerprint density at radius 3 is 2.67 bits per heavy atom. The van der Waals surface area contributed by atoms with Crippen LogP contribution in [0.5, 0.6) is 5.75 Å². The van der Waals surface area contributed by atoms with Crippen LogP contribution in [-0.2, 0) is 6.42 Å². The van der Waals surface area contributed by atoms with Crippen LogP contribution in [0.15, 0.2) is 40.9 Å². The Kier molecular flexibility index (Phi) is 2.82. The molecule has 2 aromatic carbocycles. The number of halogens is 3. The minimum atomic E-state index is -0.872. The molecule has 92 valence electrons. The Hall–Kier alpha value is -1.42. The maximum atomic E-state index is 13.1. The van der Waals surface area contributed by atoms with E-state index in [0.29, 0.717) is 17.7 Å². The Balaban J connectivity index is 1.93. The zero-order valence-corrected chi connectivity index (χ0v) is 10.9. The van der Waals surface area contributed by atoms with Gasteiger partial charge < -0.3 is 4.74 Å². The van der Waals surface area contributed by atoms with Crippen molar-refractivity contribution >= 4 is 15.9 Å². The summed E-state index contributed by atoms with van der Waals surface area (Å²) in [6.07, 6.45) is 0.377. The second-order valence-electron chi connectivity index (χ2n) is 4.24. The third kappa shape index (κ3) is 2.01. The summed E-state index contributed by atoms with van der Waals surface area (Å²) in [4.78, 5) is 0. The second kappa shape index (κ2) is 4.35. The lowest BCUT2D eigenvalue weighted by Gasteiger charge is -2.11. The second-order valence-corrected chi connectivity index (χ2v) is 5.16. The summed E-state index contributed by atoms with van der Waals surface area (Å²) in [5.74, 6) is -1.27. The summed E-state index contributed by atoms with van der Waals surface area (Å²) in [5.41, 5.74) is 1.69. The number of hydrogen-bond acceptors (Lipinski definition) is 1. The first-order valence-corrected chi connectivity index (χ1v) is 6.33. The number of fused-ring (bicyclic) bond motifs is 1. The molecule has 1 aliphatic heterocycles. The van der Waals surface area contributed by atoms with Crippen molar-refractivity contribution in [3.63, 3.8) is 0 Å². The lowest BCUT2D eigenvalue weighted by Crippen LogP contribution is -2.02. The van der Waals surface area contributed by atoms with E-state index in [2.05, 4.69) is 15.9 Å². The highest BCUT2D eigenvalue weighted by atomic mass is 79.9. The van der Waals surface area contributed by atoms with Gasteiger partial charge in [0.1, 0.15) is 11.9 Å². The van der Waals surface area contributed by atoms with E-state index in [1.807, 2.05) is 24.3 Å². The van der Waals surface area contributed by atoms with E-state index in [4.69, 9.17) is 4.74 Å². The molecule has 0 bridgehead atoms. The Bertz CT molecular complexity index is 582. The van der Waals surface area contributed by atoms with Gasteiger partial charge in [0, 0.05) is 22.5 Å². The molecule has 0 saturated carbocycles. The van der Waals surface area contributed by atoms with E-state index in [-0.39, 0.29) is 6.10 Å². The van der Waals surface area contributed by atoms with Crippen molar-refractivity contribution in [3.05, 3.63) is 63.6 Å². The van der Waals surface area contributed by atoms with Crippen molar-refractivity contribution in [1.82, 2.24) is 0 Å². The van der Waals surface area contributed by atoms with Crippen molar-refractivity contribution in [2.24, 2.45) is 0 Å². The third-order valence-electron chi connectivity index (χ3n) is 3.00. The van der Waals surface area contributed by atoms with E-state index in [0.717, 1.165) is 16.1 Å². The molecule has 0 amide bonds. The molecule has 1 heterocycles. The SMILES string of the molecule is Fc1cc2c(cc1F)OC(c1cccc(Br)c1)C2. The lowest BCUT2D eigenvalue weighted by atomic mass is 10.0. The van der Waals surface area contributed by atoms with Gasteiger partial charge in [-0.1, -0.05) is 28.1 Å². The van der Waals surface area contributed by atoms with Crippen LogP contribution >= 0.6 is 15.9 Å². The normalized spacial score (nSPS) is 17.4. The standard InChI is InChI=1S/C14H9BrF2O/c15-10-3-1-2-8(4-10)13-6-9-5-11(16)12(17)7-14(9)18-13/h1-5,7,13H,6H2. The van der Waals surface area contributed by atoms with Gasteiger partial charge in [-0.2, -0.15) is 0 Å². The topological polar surface area (TPSA) is 9.23 Å². The quantitative estimate of drug-likeness (QED) is 0.758. The summed E-state index contributed by atoms with van der Waals surface area (Å²) in [7, 11) is 0. The summed E-state index contributed by atoms with van der Waals surface area (Å²) >= 11 is 3.39. The maximum Gasteiger partial charge on any atom is 0.162 e. The molecule has 0 aromatic heterocycles. The summed E-state index contributed by atoms with van der Waals surface area (Å²) in [6.45, 7) is 0. The molecule has 0 radical (unpaired) electrons. The van der Waals surface area contributed by atoms with Crippen molar-refractivity contribution in [3.8, 4) is 5.75 Å². The van der Waals surface area contributed by atoms with Crippen LogP contribution in [0, 0.1) is 11.6 Å². The smallest absolute Gasteiger partial charge is 0.162 e. The molecular weight excluding hydrogens is 302 g/mol. The molecule has 0 aliphatic carbocycles. The highest BCUT2D eigenvalue weighted by Crippen LogP contribution is 2.38. The molecule has 3 rings (SSSR count). The van der Waals surface area contributed by atoms with Gasteiger partial charge in [0.05, 0.1) is 0 Å². The predicted octanol–water partition coefficient (Wildman–Crippen LogP) is 4.40. The molecule has 18 heavy (non-hydrogen) atoms. The van der Waals surface area contributed by atoms with Crippen molar-refractivity contribution < 1.29 is 13.5 Å². The molecular formula is C14H9BrF2O. The zero-order chi connectivity index (χ0) is 12.7. The minimum Gasteiger partial charge on any atom is -0.485 e. The first kappa shape index (κ1) is 11.7. The molecule has 0 spiro atoms. The first-order chi connectivity index (χ1) is 8.63. The molecule has 1 unspecified atom stereocenters.